The Morgan fingerprint density at radius 3 is 2.65 bits per heavy atom. The predicted octanol–water partition coefficient (Wildman–Crippen LogP) is 4.09. The van der Waals surface area contributed by atoms with Crippen molar-refractivity contribution in [2.45, 2.75) is 26.7 Å². The zero-order chi connectivity index (χ0) is 22.4. The molecule has 7 nitrogen and oxygen atoms in total. The molecule has 1 aliphatic rings. The van der Waals surface area contributed by atoms with Crippen LogP contribution in [0.5, 0.6) is 5.88 Å². The van der Waals surface area contributed by atoms with Gasteiger partial charge in [0.1, 0.15) is 0 Å². The van der Waals surface area contributed by atoms with E-state index in [4.69, 9.17) is 4.74 Å². The molecule has 0 saturated carbocycles. The number of likely N-dealkylation sites (tertiary alicyclic amines) is 1. The normalized spacial score (nSPS) is 15.7. The molecule has 2 heterocycles. The average molecular weight is 423 g/mol. The number of aromatic nitrogens is 1. The molecule has 2 N–H and O–H groups in total. The van der Waals surface area contributed by atoms with Gasteiger partial charge in [0.25, 0.3) is 0 Å². The van der Waals surface area contributed by atoms with Crippen LogP contribution in [0.4, 0.5) is 10.5 Å². The molecular formula is C24H30N4O3. The quantitative estimate of drug-likeness (QED) is 0.687. The zero-order valence-electron chi connectivity index (χ0n) is 18.4. The van der Waals surface area contributed by atoms with Crippen molar-refractivity contribution >= 4 is 17.9 Å². The number of rotatable bonds is 6. The number of nitrogens with zero attached hydrogens (tertiary/aromatic N) is 3. The van der Waals surface area contributed by atoms with E-state index in [1.807, 2.05) is 44.2 Å². The van der Waals surface area contributed by atoms with Crippen LogP contribution in [-0.4, -0.2) is 54.0 Å². The van der Waals surface area contributed by atoms with Gasteiger partial charge in [-0.05, 0) is 30.7 Å². The molecule has 7 heteroatoms. The van der Waals surface area contributed by atoms with E-state index in [0.717, 1.165) is 29.5 Å². The number of hydrogen-bond donors (Lipinski definition) is 2. The molecule has 2 amide bonds. The Balaban J connectivity index is 1.74. The number of piperidine rings is 1. The summed E-state index contributed by atoms with van der Waals surface area (Å²) in [4.78, 5) is 23.3. The van der Waals surface area contributed by atoms with E-state index in [0.29, 0.717) is 30.4 Å². The Bertz CT molecular complexity index is 964. The molecule has 164 valence electrons. The minimum atomic E-state index is -0.205. The first kappa shape index (κ1) is 22.5. The standard InChI is InChI=1S/C24H30N4O3/c1-17(27-23(30)28-12-10-24(3,16-29)11-13-28)14-25-21-18(2)22(31-4)26-15-20(21)19-8-6-5-7-9-19/h5-9,14-15,29H,1,10-13,16H2,2-4H3,(H,27,30)/b25-14-. The monoisotopic (exact) mass is 422 g/mol. The maximum absolute atomic E-state index is 12.6. The van der Waals surface area contributed by atoms with Crippen molar-refractivity contribution in [2.75, 3.05) is 26.8 Å². The number of urea groups is 1. The van der Waals surface area contributed by atoms with Crippen molar-refractivity contribution in [2.24, 2.45) is 10.4 Å². The third kappa shape index (κ3) is 5.30. The van der Waals surface area contributed by atoms with Crippen LogP contribution in [0.2, 0.25) is 0 Å². The fourth-order valence-corrected chi connectivity index (χ4v) is 3.58. The van der Waals surface area contributed by atoms with Crippen molar-refractivity contribution in [3.63, 3.8) is 0 Å². The fraction of sp³-hybridized carbons (Fsp3) is 0.375. The summed E-state index contributed by atoms with van der Waals surface area (Å²) in [7, 11) is 1.57. The van der Waals surface area contributed by atoms with E-state index < -0.39 is 0 Å². The van der Waals surface area contributed by atoms with E-state index in [2.05, 4.69) is 21.9 Å². The number of amides is 2. The highest BCUT2D eigenvalue weighted by molar-refractivity contribution is 5.90. The molecule has 0 aliphatic carbocycles. The number of methoxy groups -OCH3 is 1. The van der Waals surface area contributed by atoms with Gasteiger partial charge in [-0.3, -0.25) is 4.99 Å². The van der Waals surface area contributed by atoms with E-state index in [9.17, 15) is 9.90 Å². The smallest absolute Gasteiger partial charge is 0.321 e. The second-order valence-corrected chi connectivity index (χ2v) is 8.19. The first-order valence-electron chi connectivity index (χ1n) is 10.4. The summed E-state index contributed by atoms with van der Waals surface area (Å²) in [5.74, 6) is 0.502. The van der Waals surface area contributed by atoms with Crippen LogP contribution in [0.15, 0.2) is 53.8 Å². The molecule has 1 aromatic heterocycles. The van der Waals surface area contributed by atoms with Crippen LogP contribution < -0.4 is 10.1 Å². The van der Waals surface area contributed by atoms with E-state index >= 15 is 0 Å². The summed E-state index contributed by atoms with van der Waals surface area (Å²) < 4.78 is 5.35. The lowest BCUT2D eigenvalue weighted by atomic mass is 9.81. The predicted molar refractivity (Wildman–Crippen MR) is 123 cm³/mol. The summed E-state index contributed by atoms with van der Waals surface area (Å²) in [6.45, 7) is 9.22. The van der Waals surface area contributed by atoms with Gasteiger partial charge in [-0.25, -0.2) is 9.78 Å². The molecule has 0 atom stereocenters. The number of aliphatic imine (C=N–C) groups is 1. The molecule has 0 radical (unpaired) electrons. The Labute approximate surface area is 183 Å². The third-order valence-corrected chi connectivity index (χ3v) is 5.78. The minimum absolute atomic E-state index is 0.110. The van der Waals surface area contributed by atoms with Crippen LogP contribution in [0.1, 0.15) is 25.3 Å². The maximum Gasteiger partial charge on any atom is 0.321 e. The molecule has 1 fully saturated rings. The first-order valence-corrected chi connectivity index (χ1v) is 10.4. The summed E-state index contributed by atoms with van der Waals surface area (Å²) in [5, 5.41) is 12.3. The van der Waals surface area contributed by atoms with Crippen LogP contribution in [0.3, 0.4) is 0 Å². The lowest BCUT2D eigenvalue weighted by Crippen LogP contribution is -2.47. The summed E-state index contributed by atoms with van der Waals surface area (Å²) in [5.41, 5.74) is 3.66. The molecular weight excluding hydrogens is 392 g/mol. The fourth-order valence-electron chi connectivity index (χ4n) is 3.58. The van der Waals surface area contributed by atoms with Gasteiger partial charge in [-0.2, -0.15) is 0 Å². The van der Waals surface area contributed by atoms with E-state index in [1.54, 1.807) is 24.4 Å². The SMILES string of the molecule is C=C(/C=N\c1c(-c2ccccc2)cnc(OC)c1C)NC(=O)N1CCC(C)(CO)CC1. The molecule has 0 spiro atoms. The lowest BCUT2D eigenvalue weighted by molar-refractivity contribution is 0.0706. The number of pyridine rings is 1. The molecule has 0 unspecified atom stereocenters. The first-order chi connectivity index (χ1) is 14.9. The molecule has 1 aliphatic heterocycles. The second kappa shape index (κ2) is 9.75. The molecule has 1 aromatic carbocycles. The summed E-state index contributed by atoms with van der Waals surface area (Å²) in [6.07, 6.45) is 4.83. The number of carbonyl (C=O) groups excluding carboxylic acids is 1. The highest BCUT2D eigenvalue weighted by atomic mass is 16.5. The molecule has 3 rings (SSSR count). The Morgan fingerprint density at radius 1 is 1.35 bits per heavy atom. The Kier molecular flexibility index (Phi) is 7.07. The molecule has 0 bridgehead atoms. The van der Waals surface area contributed by atoms with Gasteiger partial charge in [0, 0.05) is 37.0 Å². The number of ether oxygens (including phenoxy) is 1. The number of nitrogens with one attached hydrogen (secondary N) is 1. The van der Waals surface area contributed by atoms with Gasteiger partial charge < -0.3 is 20.1 Å². The second-order valence-electron chi connectivity index (χ2n) is 8.19. The number of aliphatic hydroxyl groups excluding tert-OH is 1. The van der Waals surface area contributed by atoms with Crippen LogP contribution >= 0.6 is 0 Å². The molecule has 2 aromatic rings. The minimum Gasteiger partial charge on any atom is -0.481 e. The van der Waals surface area contributed by atoms with Crippen molar-refractivity contribution in [3.05, 3.63) is 54.4 Å². The van der Waals surface area contributed by atoms with E-state index in [-0.39, 0.29) is 18.1 Å². The number of allylic oxidation sites excluding steroid dienone is 1. The lowest BCUT2D eigenvalue weighted by Gasteiger charge is -2.38. The van der Waals surface area contributed by atoms with Crippen molar-refractivity contribution < 1.29 is 14.6 Å². The van der Waals surface area contributed by atoms with Gasteiger partial charge >= 0.3 is 6.03 Å². The highest BCUT2D eigenvalue weighted by Crippen LogP contribution is 2.36. The van der Waals surface area contributed by atoms with Crippen LogP contribution in [-0.2, 0) is 0 Å². The summed E-state index contributed by atoms with van der Waals surface area (Å²) in [6, 6.07) is 9.66. The molecule has 1 saturated heterocycles. The number of benzene rings is 1. The van der Waals surface area contributed by atoms with Gasteiger partial charge in [-0.15, -0.1) is 0 Å². The number of aliphatic hydroxyl groups is 1. The third-order valence-electron chi connectivity index (χ3n) is 5.78. The Morgan fingerprint density at radius 2 is 2.03 bits per heavy atom. The van der Waals surface area contributed by atoms with Crippen LogP contribution in [0.25, 0.3) is 11.1 Å². The molecule has 31 heavy (non-hydrogen) atoms. The maximum atomic E-state index is 12.6. The summed E-state index contributed by atoms with van der Waals surface area (Å²) >= 11 is 0. The van der Waals surface area contributed by atoms with Crippen molar-refractivity contribution in [1.29, 1.82) is 0 Å². The van der Waals surface area contributed by atoms with Gasteiger partial charge in [0.15, 0.2) is 0 Å². The number of hydrogen-bond acceptors (Lipinski definition) is 5. The van der Waals surface area contributed by atoms with Gasteiger partial charge in [-0.1, -0.05) is 43.8 Å². The van der Waals surface area contributed by atoms with Crippen molar-refractivity contribution in [1.82, 2.24) is 15.2 Å². The largest absolute Gasteiger partial charge is 0.481 e. The highest BCUT2D eigenvalue weighted by Gasteiger charge is 2.31. The number of carbonyl (C=O) groups is 1. The van der Waals surface area contributed by atoms with Gasteiger partial charge in [0.2, 0.25) is 5.88 Å². The zero-order valence-corrected chi connectivity index (χ0v) is 18.4. The average Bonchev–Trinajstić information content (AvgIpc) is 2.79. The topological polar surface area (TPSA) is 87.1 Å². The van der Waals surface area contributed by atoms with Crippen molar-refractivity contribution in [3.8, 4) is 17.0 Å². The Hall–Kier alpha value is -3.19. The van der Waals surface area contributed by atoms with Gasteiger partial charge in [0.05, 0.1) is 24.7 Å². The van der Waals surface area contributed by atoms with E-state index in [1.165, 1.54) is 0 Å². The van der Waals surface area contributed by atoms with Crippen LogP contribution in [0, 0.1) is 12.3 Å².